The molecule has 0 amide bonds. The highest BCUT2D eigenvalue weighted by molar-refractivity contribution is 6.30. The number of hydrogen-bond donors (Lipinski definition) is 1. The Kier molecular flexibility index (Phi) is 2.93. The molecule has 86 valence electrons. The van der Waals surface area contributed by atoms with Crippen LogP contribution in [0.1, 0.15) is 10.5 Å². The van der Waals surface area contributed by atoms with Gasteiger partial charge in [0.15, 0.2) is 5.69 Å². The number of halogens is 1. The van der Waals surface area contributed by atoms with Gasteiger partial charge in [0, 0.05) is 11.1 Å². The molecule has 1 aromatic heterocycles. The van der Waals surface area contributed by atoms with Crippen LogP contribution in [0.4, 0.5) is 0 Å². The van der Waals surface area contributed by atoms with Crippen molar-refractivity contribution in [3.05, 3.63) is 57.5 Å². The molecule has 0 saturated heterocycles. The van der Waals surface area contributed by atoms with E-state index in [9.17, 15) is 9.59 Å². The molecule has 0 aliphatic rings. The summed E-state index contributed by atoms with van der Waals surface area (Å²) >= 11 is 5.72. The Balaban J connectivity index is 2.58. The lowest BCUT2D eigenvalue weighted by Gasteiger charge is -2.04. The number of rotatable bonds is 2. The maximum absolute atomic E-state index is 11.6. The third kappa shape index (κ3) is 2.34. The van der Waals surface area contributed by atoms with Gasteiger partial charge in [-0.3, -0.25) is 4.79 Å². The molecule has 0 radical (unpaired) electrons. The molecule has 2 rings (SSSR count). The van der Waals surface area contributed by atoms with Gasteiger partial charge in [0.25, 0.3) is 5.56 Å². The van der Waals surface area contributed by atoms with Crippen LogP contribution in [0.15, 0.2) is 41.2 Å². The van der Waals surface area contributed by atoms with E-state index < -0.39 is 11.5 Å². The molecule has 2 aromatic rings. The minimum atomic E-state index is -1.19. The van der Waals surface area contributed by atoms with Gasteiger partial charge in [-0.15, -0.1) is 0 Å². The first-order valence-corrected chi connectivity index (χ1v) is 5.05. The lowest BCUT2D eigenvalue weighted by atomic mass is 10.3. The second kappa shape index (κ2) is 4.39. The van der Waals surface area contributed by atoms with E-state index in [0.717, 1.165) is 16.8 Å². The smallest absolute Gasteiger partial charge is 0.356 e. The molecule has 0 spiro atoms. The van der Waals surface area contributed by atoms with Crippen LogP contribution in [0.25, 0.3) is 5.69 Å². The zero-order valence-corrected chi connectivity index (χ0v) is 9.26. The monoisotopic (exact) mass is 250 g/mol. The van der Waals surface area contributed by atoms with E-state index in [1.807, 2.05) is 0 Å². The summed E-state index contributed by atoms with van der Waals surface area (Å²) in [7, 11) is 0. The van der Waals surface area contributed by atoms with Crippen molar-refractivity contribution in [1.29, 1.82) is 0 Å². The molecular weight excluding hydrogens is 244 g/mol. The zero-order chi connectivity index (χ0) is 12.4. The Hall–Kier alpha value is -2.14. The number of carboxylic acid groups (broad SMARTS) is 1. The quantitative estimate of drug-likeness (QED) is 0.878. The Morgan fingerprint density at radius 2 is 1.82 bits per heavy atom. The van der Waals surface area contributed by atoms with Gasteiger partial charge in [-0.05, 0) is 30.3 Å². The summed E-state index contributed by atoms with van der Waals surface area (Å²) in [5.41, 5.74) is -0.139. The summed E-state index contributed by atoms with van der Waals surface area (Å²) < 4.78 is 1.01. The van der Waals surface area contributed by atoms with E-state index in [-0.39, 0.29) is 5.69 Å². The summed E-state index contributed by atoms with van der Waals surface area (Å²) in [4.78, 5) is 22.3. The van der Waals surface area contributed by atoms with Crippen molar-refractivity contribution < 1.29 is 9.90 Å². The van der Waals surface area contributed by atoms with Crippen LogP contribution in [0.2, 0.25) is 5.02 Å². The Labute approximate surface area is 101 Å². The van der Waals surface area contributed by atoms with Crippen molar-refractivity contribution in [2.24, 2.45) is 0 Å². The number of carboxylic acids is 1. The highest BCUT2D eigenvalue weighted by Crippen LogP contribution is 2.11. The van der Waals surface area contributed by atoms with Crippen LogP contribution in [-0.4, -0.2) is 20.9 Å². The second-order valence-corrected chi connectivity index (χ2v) is 3.69. The number of nitrogens with zero attached hydrogens (tertiary/aromatic N) is 2. The summed E-state index contributed by atoms with van der Waals surface area (Å²) in [6.45, 7) is 0. The number of aromatic carboxylic acids is 1. The van der Waals surface area contributed by atoms with Crippen molar-refractivity contribution in [3.8, 4) is 5.69 Å². The largest absolute Gasteiger partial charge is 0.476 e. The van der Waals surface area contributed by atoms with E-state index >= 15 is 0 Å². The predicted molar refractivity (Wildman–Crippen MR) is 61.8 cm³/mol. The summed E-state index contributed by atoms with van der Waals surface area (Å²) in [5, 5.41) is 13.0. The standard InChI is InChI=1S/C11H7ClN2O3/c12-7-1-3-8(4-2-7)14-10(15)6-5-9(13-14)11(16)17/h1-6H,(H,16,17). The normalized spacial score (nSPS) is 10.2. The molecule has 1 N–H and O–H groups in total. The molecule has 0 atom stereocenters. The van der Waals surface area contributed by atoms with Crippen molar-refractivity contribution in [2.45, 2.75) is 0 Å². The van der Waals surface area contributed by atoms with Gasteiger partial charge in [0.05, 0.1) is 5.69 Å². The Morgan fingerprint density at radius 3 is 2.41 bits per heavy atom. The van der Waals surface area contributed by atoms with E-state index in [1.54, 1.807) is 24.3 Å². The molecule has 0 saturated carbocycles. The Morgan fingerprint density at radius 1 is 1.18 bits per heavy atom. The first-order chi connectivity index (χ1) is 8.08. The average molecular weight is 251 g/mol. The molecular formula is C11H7ClN2O3. The summed E-state index contributed by atoms with van der Waals surface area (Å²) in [6.07, 6.45) is 0. The average Bonchev–Trinajstić information content (AvgIpc) is 2.31. The Bertz CT molecular complexity index is 619. The van der Waals surface area contributed by atoms with Gasteiger partial charge in [0.2, 0.25) is 0 Å². The van der Waals surface area contributed by atoms with Crippen LogP contribution in [0, 0.1) is 0 Å². The molecule has 0 aliphatic carbocycles. The third-order valence-electron chi connectivity index (χ3n) is 2.09. The van der Waals surface area contributed by atoms with Crippen molar-refractivity contribution in [3.63, 3.8) is 0 Å². The van der Waals surface area contributed by atoms with Crippen molar-refractivity contribution in [1.82, 2.24) is 9.78 Å². The van der Waals surface area contributed by atoms with Gasteiger partial charge >= 0.3 is 5.97 Å². The summed E-state index contributed by atoms with van der Waals surface area (Å²) in [6, 6.07) is 8.68. The first-order valence-electron chi connectivity index (χ1n) is 4.67. The predicted octanol–water partition coefficient (Wildman–Crippen LogP) is 1.58. The van der Waals surface area contributed by atoms with Gasteiger partial charge < -0.3 is 5.11 Å². The molecule has 6 heteroatoms. The fourth-order valence-electron chi connectivity index (χ4n) is 1.29. The molecule has 0 aliphatic heterocycles. The molecule has 1 heterocycles. The minimum Gasteiger partial charge on any atom is -0.476 e. The van der Waals surface area contributed by atoms with Gasteiger partial charge in [-0.1, -0.05) is 11.6 Å². The zero-order valence-electron chi connectivity index (χ0n) is 8.50. The van der Waals surface area contributed by atoms with Crippen LogP contribution in [0.3, 0.4) is 0 Å². The van der Waals surface area contributed by atoms with Gasteiger partial charge in [-0.2, -0.15) is 9.78 Å². The van der Waals surface area contributed by atoms with Gasteiger partial charge in [0.1, 0.15) is 0 Å². The molecule has 5 nitrogen and oxygen atoms in total. The van der Waals surface area contributed by atoms with Crippen LogP contribution < -0.4 is 5.56 Å². The maximum Gasteiger partial charge on any atom is 0.356 e. The van der Waals surface area contributed by atoms with Crippen LogP contribution >= 0.6 is 11.6 Å². The highest BCUT2D eigenvalue weighted by Gasteiger charge is 2.08. The molecule has 1 aromatic carbocycles. The fraction of sp³-hybridized carbons (Fsp3) is 0. The molecule has 17 heavy (non-hydrogen) atoms. The van der Waals surface area contributed by atoms with Crippen LogP contribution in [0.5, 0.6) is 0 Å². The van der Waals surface area contributed by atoms with E-state index in [0.29, 0.717) is 10.7 Å². The summed E-state index contributed by atoms with van der Waals surface area (Å²) in [5.74, 6) is -1.19. The molecule has 0 fully saturated rings. The van der Waals surface area contributed by atoms with E-state index in [1.165, 1.54) is 0 Å². The highest BCUT2D eigenvalue weighted by atomic mass is 35.5. The van der Waals surface area contributed by atoms with Crippen molar-refractivity contribution in [2.75, 3.05) is 0 Å². The number of carbonyl (C=O) groups is 1. The van der Waals surface area contributed by atoms with Crippen LogP contribution in [-0.2, 0) is 0 Å². The number of hydrogen-bond acceptors (Lipinski definition) is 3. The van der Waals surface area contributed by atoms with E-state index in [2.05, 4.69) is 5.10 Å². The maximum atomic E-state index is 11.6. The lowest BCUT2D eigenvalue weighted by molar-refractivity contribution is 0.0688. The first kappa shape index (κ1) is 11.3. The van der Waals surface area contributed by atoms with Crippen molar-refractivity contribution >= 4 is 17.6 Å². The SMILES string of the molecule is O=C(O)c1ccc(=O)n(-c2ccc(Cl)cc2)n1. The minimum absolute atomic E-state index is 0.195. The topological polar surface area (TPSA) is 72.2 Å². The molecule has 0 unspecified atom stereocenters. The lowest BCUT2D eigenvalue weighted by Crippen LogP contribution is -2.22. The fourth-order valence-corrected chi connectivity index (χ4v) is 1.42. The molecule has 0 bridgehead atoms. The second-order valence-electron chi connectivity index (χ2n) is 3.25. The third-order valence-corrected chi connectivity index (χ3v) is 2.34. The van der Waals surface area contributed by atoms with Gasteiger partial charge in [-0.25, -0.2) is 4.79 Å². The van der Waals surface area contributed by atoms with E-state index in [4.69, 9.17) is 16.7 Å². The number of aromatic nitrogens is 2. The number of benzene rings is 1.